The summed E-state index contributed by atoms with van der Waals surface area (Å²) in [6, 6.07) is 9.24. The van der Waals surface area contributed by atoms with Crippen molar-refractivity contribution in [3.8, 4) is 11.1 Å². The lowest BCUT2D eigenvalue weighted by Crippen LogP contribution is -2.49. The van der Waals surface area contributed by atoms with Crippen molar-refractivity contribution in [1.82, 2.24) is 19.7 Å². The number of likely N-dealkylation sites (tertiary alicyclic amines) is 1. The average Bonchev–Trinajstić information content (AvgIpc) is 3.62. The molecule has 1 aromatic carbocycles. The Hall–Kier alpha value is -3.41. The molecule has 1 saturated heterocycles. The van der Waals surface area contributed by atoms with E-state index in [0.717, 1.165) is 30.3 Å². The molecule has 5 fully saturated rings. The minimum absolute atomic E-state index is 0.168. The highest BCUT2D eigenvalue weighted by Gasteiger charge is 2.50. The van der Waals surface area contributed by atoms with Crippen molar-refractivity contribution < 1.29 is 4.39 Å². The number of hydrogen-bond acceptors (Lipinski definition) is 4. The first-order valence-electron chi connectivity index (χ1n) is 19.9. The van der Waals surface area contributed by atoms with Crippen LogP contribution in [0.1, 0.15) is 129 Å². The molecule has 3 heterocycles. The van der Waals surface area contributed by atoms with Crippen LogP contribution in [-0.4, -0.2) is 39.3 Å². The van der Waals surface area contributed by atoms with Gasteiger partial charge in [0, 0.05) is 48.4 Å². The second-order valence-electron chi connectivity index (χ2n) is 17.8. The summed E-state index contributed by atoms with van der Waals surface area (Å²) in [6.07, 6.45) is 19.9. The van der Waals surface area contributed by atoms with Crippen molar-refractivity contribution in [3.63, 3.8) is 0 Å². The van der Waals surface area contributed by atoms with Crippen LogP contribution in [0.15, 0.2) is 67.4 Å². The maximum absolute atomic E-state index is 15.3. The molecule has 51 heavy (non-hydrogen) atoms. The van der Waals surface area contributed by atoms with Crippen molar-refractivity contribution in [1.29, 1.82) is 0 Å². The molecule has 4 aliphatic carbocycles. The van der Waals surface area contributed by atoms with Crippen molar-refractivity contribution in [2.75, 3.05) is 24.5 Å². The maximum atomic E-state index is 15.3. The summed E-state index contributed by atoms with van der Waals surface area (Å²) >= 11 is 0. The molecule has 276 valence electrons. The number of nitrogens with zero attached hydrogens (tertiary/aromatic N) is 5. The molecule has 8 rings (SSSR count). The second kappa shape index (κ2) is 14.9. The monoisotopic (exact) mass is 694 g/mol. The van der Waals surface area contributed by atoms with Gasteiger partial charge in [0.2, 0.25) is 0 Å². The molecule has 1 aliphatic heterocycles. The first-order valence-corrected chi connectivity index (χ1v) is 19.9. The van der Waals surface area contributed by atoms with E-state index in [1.54, 1.807) is 11.8 Å². The number of halogens is 1. The van der Waals surface area contributed by atoms with E-state index in [1.807, 2.05) is 16.9 Å². The van der Waals surface area contributed by atoms with Crippen LogP contribution in [-0.2, 0) is 17.4 Å². The average molecular weight is 694 g/mol. The Kier molecular flexibility index (Phi) is 10.9. The Bertz CT molecular complexity index is 1670. The number of fused-ring (bicyclic) bond motifs is 3. The van der Waals surface area contributed by atoms with Gasteiger partial charge in [-0.15, -0.1) is 0 Å². The Morgan fingerprint density at radius 1 is 0.980 bits per heavy atom. The summed E-state index contributed by atoms with van der Waals surface area (Å²) in [6.45, 7) is 27.1. The Morgan fingerprint density at radius 3 is 2.18 bits per heavy atom. The Labute approximate surface area is 308 Å². The van der Waals surface area contributed by atoms with Crippen molar-refractivity contribution in [2.24, 2.45) is 17.3 Å². The van der Waals surface area contributed by atoms with Crippen LogP contribution >= 0.6 is 0 Å². The van der Waals surface area contributed by atoms with Crippen LogP contribution in [0.4, 0.5) is 10.2 Å². The number of pyridine rings is 1. The van der Waals surface area contributed by atoms with Gasteiger partial charge < -0.3 is 9.80 Å². The molecular formula is C45H64FN5. The second-order valence-corrected chi connectivity index (χ2v) is 17.8. The third-order valence-electron chi connectivity index (χ3n) is 13.0. The highest BCUT2D eigenvalue weighted by atomic mass is 19.1. The SMILES string of the molecule is C=C(C)N1CC(C)C1.C=C(C1CCCCC1)N(CC12CCC(c3ccc(CC)c(C)c3)(CC1)CC2)c1cc(-c2cnn(C(C)(C)C)c2)c(F)cn1. The van der Waals surface area contributed by atoms with E-state index in [1.165, 1.54) is 112 Å². The lowest BCUT2D eigenvalue weighted by molar-refractivity contribution is 0.0459. The first-order chi connectivity index (χ1) is 24.2. The lowest BCUT2D eigenvalue weighted by Gasteiger charge is -2.55. The smallest absolute Gasteiger partial charge is 0.149 e. The predicted octanol–water partition coefficient (Wildman–Crippen LogP) is 11.4. The normalized spacial score (nSPS) is 23.7. The molecule has 0 amide bonds. The topological polar surface area (TPSA) is 37.2 Å². The molecular weight excluding hydrogens is 630 g/mol. The molecule has 2 aromatic heterocycles. The van der Waals surface area contributed by atoms with Crippen molar-refractivity contribution in [3.05, 3.63) is 89.9 Å². The zero-order chi connectivity index (χ0) is 36.6. The standard InChI is InChI=1S/C38H51FN4.C7H13N/c1-7-29-13-14-32(21-27(29)2)38-18-15-37(16-19-38,17-20-38)26-42(28(3)30-11-9-8-10-12-30)35-22-33(34(39)24-40-35)31-23-41-43(25-31)36(4,5)6;1-6(2)8-4-7(3)5-8/h13-14,21-25,30H,3,7-12,15-20,26H2,1-2,4-6H3;7H,1,4-5H2,2-3H3. The van der Waals surface area contributed by atoms with E-state index in [0.29, 0.717) is 16.9 Å². The fourth-order valence-electron chi connectivity index (χ4n) is 9.31. The molecule has 0 spiro atoms. The Balaban J connectivity index is 0.000000495. The zero-order valence-electron chi connectivity index (χ0n) is 32.8. The molecule has 0 N–H and O–H groups in total. The summed E-state index contributed by atoms with van der Waals surface area (Å²) in [7, 11) is 0. The van der Waals surface area contributed by atoms with E-state index < -0.39 is 0 Å². The van der Waals surface area contributed by atoms with Crippen LogP contribution in [0.3, 0.4) is 0 Å². The maximum Gasteiger partial charge on any atom is 0.149 e. The number of allylic oxidation sites excluding steroid dienone is 2. The number of hydrogen-bond donors (Lipinski definition) is 0. The number of benzene rings is 1. The summed E-state index contributed by atoms with van der Waals surface area (Å²) in [5.41, 5.74) is 8.61. The molecule has 5 aliphatic rings. The van der Waals surface area contributed by atoms with E-state index >= 15 is 4.39 Å². The molecule has 0 unspecified atom stereocenters. The Morgan fingerprint density at radius 2 is 1.65 bits per heavy atom. The van der Waals surface area contributed by atoms with Gasteiger partial charge in [0.25, 0.3) is 0 Å². The molecule has 5 nitrogen and oxygen atoms in total. The van der Waals surface area contributed by atoms with Gasteiger partial charge in [-0.2, -0.15) is 5.10 Å². The van der Waals surface area contributed by atoms with E-state index in [4.69, 9.17) is 11.6 Å². The van der Waals surface area contributed by atoms with Crippen LogP contribution in [0.5, 0.6) is 0 Å². The molecule has 2 bridgehead atoms. The molecule has 4 saturated carbocycles. The number of aryl methyl sites for hydroxylation is 2. The minimum Gasteiger partial charge on any atom is -0.375 e. The van der Waals surface area contributed by atoms with Gasteiger partial charge in [-0.3, -0.25) is 4.68 Å². The quantitative estimate of drug-likeness (QED) is 0.224. The molecule has 3 aromatic rings. The number of anilines is 1. The van der Waals surface area contributed by atoms with E-state index in [2.05, 4.69) is 88.1 Å². The molecule has 6 heteroatoms. The highest BCUT2D eigenvalue weighted by molar-refractivity contribution is 5.67. The summed E-state index contributed by atoms with van der Waals surface area (Å²) in [4.78, 5) is 9.43. The van der Waals surface area contributed by atoms with Gasteiger partial charge in [-0.1, -0.05) is 64.5 Å². The van der Waals surface area contributed by atoms with E-state index in [-0.39, 0.29) is 16.8 Å². The van der Waals surface area contributed by atoms with Gasteiger partial charge >= 0.3 is 0 Å². The fraction of sp³-hybridized carbons (Fsp3) is 0.600. The summed E-state index contributed by atoms with van der Waals surface area (Å²) < 4.78 is 17.2. The number of aromatic nitrogens is 3. The third kappa shape index (κ3) is 8.00. The first kappa shape index (κ1) is 37.4. The van der Waals surface area contributed by atoms with Crippen LogP contribution in [0, 0.1) is 30.0 Å². The van der Waals surface area contributed by atoms with Crippen LogP contribution < -0.4 is 4.90 Å². The van der Waals surface area contributed by atoms with Gasteiger partial charge in [-0.05, 0) is 138 Å². The van der Waals surface area contributed by atoms with Gasteiger partial charge in [0.1, 0.15) is 11.6 Å². The van der Waals surface area contributed by atoms with Crippen LogP contribution in [0.2, 0.25) is 0 Å². The highest BCUT2D eigenvalue weighted by Crippen LogP contribution is 2.58. The predicted molar refractivity (Wildman–Crippen MR) is 211 cm³/mol. The summed E-state index contributed by atoms with van der Waals surface area (Å²) in [5.74, 6) is 1.89. The lowest BCUT2D eigenvalue weighted by atomic mass is 9.51. The minimum atomic E-state index is -0.303. The largest absolute Gasteiger partial charge is 0.375 e. The van der Waals surface area contributed by atoms with Crippen molar-refractivity contribution >= 4 is 5.82 Å². The van der Waals surface area contributed by atoms with Gasteiger partial charge in [-0.25, -0.2) is 9.37 Å². The number of rotatable bonds is 9. The fourth-order valence-corrected chi connectivity index (χ4v) is 9.31. The third-order valence-corrected chi connectivity index (χ3v) is 13.0. The van der Waals surface area contributed by atoms with Gasteiger partial charge in [0.15, 0.2) is 0 Å². The van der Waals surface area contributed by atoms with Gasteiger partial charge in [0.05, 0.1) is 17.9 Å². The summed E-state index contributed by atoms with van der Waals surface area (Å²) in [5, 5.41) is 4.56. The van der Waals surface area contributed by atoms with Crippen molar-refractivity contribution in [2.45, 2.75) is 136 Å². The zero-order valence-corrected chi connectivity index (χ0v) is 32.8. The molecule has 0 atom stereocenters. The van der Waals surface area contributed by atoms with Crippen LogP contribution in [0.25, 0.3) is 11.1 Å². The molecule has 0 radical (unpaired) electrons. The van der Waals surface area contributed by atoms with E-state index in [9.17, 15) is 0 Å².